The highest BCUT2D eigenvalue weighted by Crippen LogP contribution is 2.21. The molecule has 2 unspecified atom stereocenters. The highest BCUT2D eigenvalue weighted by molar-refractivity contribution is 5.87. The maximum atomic E-state index is 12.5. The second kappa shape index (κ2) is 8.83. The summed E-state index contributed by atoms with van der Waals surface area (Å²) in [5, 5.41) is 9.21. The van der Waals surface area contributed by atoms with E-state index in [1.54, 1.807) is 0 Å². The molecule has 1 fully saturated rings. The molecule has 0 saturated carbocycles. The van der Waals surface area contributed by atoms with E-state index < -0.39 is 18.1 Å². The summed E-state index contributed by atoms with van der Waals surface area (Å²) in [6, 6.07) is 16.6. The summed E-state index contributed by atoms with van der Waals surface area (Å²) in [5.74, 6) is -1.23. The summed E-state index contributed by atoms with van der Waals surface area (Å²) in [6.07, 6.45) is 1.61. The molecule has 5 nitrogen and oxygen atoms in total. The summed E-state index contributed by atoms with van der Waals surface area (Å²) in [6.45, 7) is 0.469. The predicted octanol–water partition coefficient (Wildman–Crippen LogP) is 2.72. The molecule has 138 valence electrons. The largest absolute Gasteiger partial charge is 0.480 e. The Hall–Kier alpha value is -2.37. The van der Waals surface area contributed by atoms with Gasteiger partial charge in [0.05, 0.1) is 6.04 Å². The fourth-order valence-electron chi connectivity index (χ4n) is 3.31. The molecule has 3 N–H and O–H groups in total. The molecule has 0 bridgehead atoms. The fourth-order valence-corrected chi connectivity index (χ4v) is 3.31. The van der Waals surface area contributed by atoms with Gasteiger partial charge in [-0.05, 0) is 36.0 Å². The Bertz CT molecular complexity index is 749. The van der Waals surface area contributed by atoms with Crippen LogP contribution in [0.2, 0.25) is 0 Å². The number of rotatable bonds is 5. The van der Waals surface area contributed by atoms with Crippen molar-refractivity contribution in [2.75, 3.05) is 6.54 Å². The molecule has 0 aliphatic carbocycles. The maximum absolute atomic E-state index is 12.5. The van der Waals surface area contributed by atoms with Gasteiger partial charge in [0.2, 0.25) is 5.91 Å². The number of carboxylic acids is 1. The lowest BCUT2D eigenvalue weighted by Gasteiger charge is -2.24. The zero-order chi connectivity index (χ0) is 17.8. The van der Waals surface area contributed by atoms with Gasteiger partial charge in [-0.25, -0.2) is 4.79 Å². The van der Waals surface area contributed by atoms with Crippen molar-refractivity contribution in [1.82, 2.24) is 4.90 Å². The first-order chi connectivity index (χ1) is 12.1. The SMILES string of the molecule is Cl.NC(Cc1ccc(-c2ccccc2)cc1)C(=O)N1CCCC1C(=O)O. The van der Waals surface area contributed by atoms with Gasteiger partial charge in [-0.3, -0.25) is 4.79 Å². The third-order valence-corrected chi connectivity index (χ3v) is 4.65. The average molecular weight is 375 g/mol. The summed E-state index contributed by atoms with van der Waals surface area (Å²) >= 11 is 0. The molecule has 26 heavy (non-hydrogen) atoms. The maximum Gasteiger partial charge on any atom is 0.326 e. The first-order valence-electron chi connectivity index (χ1n) is 8.49. The molecule has 0 radical (unpaired) electrons. The molecule has 2 aromatic carbocycles. The summed E-state index contributed by atoms with van der Waals surface area (Å²) in [4.78, 5) is 25.1. The number of benzene rings is 2. The van der Waals surface area contributed by atoms with Gasteiger partial charge in [0.1, 0.15) is 6.04 Å². The first kappa shape index (κ1) is 19.9. The lowest BCUT2D eigenvalue weighted by atomic mass is 10.0. The van der Waals surface area contributed by atoms with Crippen LogP contribution in [0.5, 0.6) is 0 Å². The number of aliphatic carboxylic acids is 1. The Morgan fingerprint density at radius 3 is 2.31 bits per heavy atom. The quantitative estimate of drug-likeness (QED) is 0.842. The molecule has 3 rings (SSSR count). The molecule has 1 heterocycles. The van der Waals surface area contributed by atoms with Crippen LogP contribution in [0.4, 0.5) is 0 Å². The highest BCUT2D eigenvalue weighted by Gasteiger charge is 2.35. The Kier molecular flexibility index (Phi) is 6.77. The van der Waals surface area contributed by atoms with Crippen molar-refractivity contribution in [3.05, 3.63) is 60.2 Å². The molecule has 1 saturated heterocycles. The monoisotopic (exact) mass is 374 g/mol. The molecule has 1 aliphatic rings. The van der Waals surface area contributed by atoms with Crippen LogP contribution in [0.15, 0.2) is 54.6 Å². The molecular weight excluding hydrogens is 352 g/mol. The number of likely N-dealkylation sites (tertiary alicyclic amines) is 1. The minimum atomic E-state index is -0.953. The van der Waals surface area contributed by atoms with Crippen molar-refractivity contribution in [1.29, 1.82) is 0 Å². The molecule has 1 amide bonds. The van der Waals surface area contributed by atoms with Gasteiger partial charge in [-0.1, -0.05) is 54.6 Å². The van der Waals surface area contributed by atoms with Crippen molar-refractivity contribution < 1.29 is 14.7 Å². The topological polar surface area (TPSA) is 83.6 Å². The number of carbonyl (C=O) groups excluding carboxylic acids is 1. The lowest BCUT2D eigenvalue weighted by molar-refractivity contribution is -0.148. The van der Waals surface area contributed by atoms with Gasteiger partial charge in [0.25, 0.3) is 0 Å². The number of hydrogen-bond donors (Lipinski definition) is 2. The van der Waals surface area contributed by atoms with Crippen molar-refractivity contribution in [2.45, 2.75) is 31.3 Å². The molecule has 6 heteroatoms. The van der Waals surface area contributed by atoms with E-state index in [0.29, 0.717) is 25.8 Å². The number of carbonyl (C=O) groups is 2. The molecule has 0 aromatic heterocycles. The van der Waals surface area contributed by atoms with Crippen LogP contribution in [-0.2, 0) is 16.0 Å². The standard InChI is InChI=1S/C20H22N2O3.ClH/c21-17(19(23)22-12-4-7-18(22)20(24)25)13-14-8-10-16(11-9-14)15-5-2-1-3-6-15;/h1-3,5-6,8-11,17-18H,4,7,12-13,21H2,(H,24,25);1H. The van der Waals surface area contributed by atoms with Crippen LogP contribution in [0.3, 0.4) is 0 Å². The normalized spacial score (nSPS) is 17.4. The number of nitrogens with zero attached hydrogens (tertiary/aromatic N) is 1. The van der Waals surface area contributed by atoms with Gasteiger partial charge in [0.15, 0.2) is 0 Å². The third-order valence-electron chi connectivity index (χ3n) is 4.65. The molecule has 1 aliphatic heterocycles. The predicted molar refractivity (Wildman–Crippen MR) is 103 cm³/mol. The highest BCUT2D eigenvalue weighted by atomic mass is 35.5. The van der Waals surface area contributed by atoms with Crippen LogP contribution in [0.25, 0.3) is 11.1 Å². The Labute approximate surface area is 159 Å². The number of carboxylic acid groups (broad SMARTS) is 1. The van der Waals surface area contributed by atoms with E-state index in [0.717, 1.165) is 16.7 Å². The van der Waals surface area contributed by atoms with Gasteiger partial charge in [0, 0.05) is 6.54 Å². The number of hydrogen-bond acceptors (Lipinski definition) is 3. The van der Waals surface area contributed by atoms with Crippen molar-refractivity contribution in [3.63, 3.8) is 0 Å². The molecular formula is C20H23ClN2O3. The molecule has 0 spiro atoms. The number of amides is 1. The van der Waals surface area contributed by atoms with E-state index in [2.05, 4.69) is 0 Å². The van der Waals surface area contributed by atoms with Gasteiger partial charge in [-0.2, -0.15) is 0 Å². The van der Waals surface area contributed by atoms with Gasteiger partial charge in [-0.15, -0.1) is 12.4 Å². The molecule has 2 atom stereocenters. The van der Waals surface area contributed by atoms with Crippen LogP contribution in [-0.4, -0.2) is 40.5 Å². The van der Waals surface area contributed by atoms with Crippen molar-refractivity contribution in [3.8, 4) is 11.1 Å². The first-order valence-corrected chi connectivity index (χ1v) is 8.49. The minimum Gasteiger partial charge on any atom is -0.480 e. The van der Waals surface area contributed by atoms with Crippen LogP contribution >= 0.6 is 12.4 Å². The number of nitrogens with two attached hydrogens (primary N) is 1. The fraction of sp³-hybridized carbons (Fsp3) is 0.300. The second-order valence-corrected chi connectivity index (χ2v) is 6.40. The van der Waals surface area contributed by atoms with E-state index in [4.69, 9.17) is 5.73 Å². The van der Waals surface area contributed by atoms with Gasteiger partial charge >= 0.3 is 5.97 Å². The summed E-state index contributed by atoms with van der Waals surface area (Å²) in [7, 11) is 0. The zero-order valence-electron chi connectivity index (χ0n) is 14.4. The van der Waals surface area contributed by atoms with E-state index in [1.807, 2.05) is 54.6 Å². The Balaban J connectivity index is 0.00000243. The second-order valence-electron chi connectivity index (χ2n) is 6.40. The zero-order valence-corrected chi connectivity index (χ0v) is 15.2. The third kappa shape index (κ3) is 4.42. The summed E-state index contributed by atoms with van der Waals surface area (Å²) < 4.78 is 0. The van der Waals surface area contributed by atoms with Crippen molar-refractivity contribution >= 4 is 24.3 Å². The number of halogens is 1. The minimum absolute atomic E-state index is 0. The van der Waals surface area contributed by atoms with E-state index in [-0.39, 0.29) is 18.3 Å². The van der Waals surface area contributed by atoms with Crippen LogP contribution in [0, 0.1) is 0 Å². The van der Waals surface area contributed by atoms with Crippen LogP contribution in [0.1, 0.15) is 18.4 Å². The Morgan fingerprint density at radius 1 is 1.08 bits per heavy atom. The average Bonchev–Trinajstić information content (AvgIpc) is 3.12. The van der Waals surface area contributed by atoms with E-state index >= 15 is 0 Å². The van der Waals surface area contributed by atoms with Crippen molar-refractivity contribution in [2.24, 2.45) is 5.73 Å². The van der Waals surface area contributed by atoms with Crippen LogP contribution < -0.4 is 5.73 Å². The van der Waals surface area contributed by atoms with E-state index in [9.17, 15) is 14.7 Å². The lowest BCUT2D eigenvalue weighted by Crippen LogP contribution is -2.49. The molecule has 2 aromatic rings. The Morgan fingerprint density at radius 2 is 1.69 bits per heavy atom. The summed E-state index contributed by atoms with van der Waals surface area (Å²) in [5.41, 5.74) is 9.26. The van der Waals surface area contributed by atoms with E-state index in [1.165, 1.54) is 4.90 Å². The smallest absolute Gasteiger partial charge is 0.326 e. The van der Waals surface area contributed by atoms with Gasteiger partial charge < -0.3 is 15.7 Å².